The zero-order valence-corrected chi connectivity index (χ0v) is 19.2. The number of anilines is 1. The molecule has 2 heterocycles. The van der Waals surface area contributed by atoms with Gasteiger partial charge in [-0.05, 0) is 36.6 Å². The number of nitrogens with one attached hydrogen (secondary N) is 2. The first-order valence-corrected chi connectivity index (χ1v) is 11.7. The van der Waals surface area contributed by atoms with Crippen molar-refractivity contribution in [3.05, 3.63) is 75.2 Å². The average molecular weight is 484 g/mol. The van der Waals surface area contributed by atoms with Crippen LogP contribution in [0.1, 0.15) is 38.0 Å². The summed E-state index contributed by atoms with van der Waals surface area (Å²) in [4.78, 5) is 39.6. The molecule has 3 aromatic rings. The molecule has 0 spiro atoms. The van der Waals surface area contributed by atoms with E-state index in [1.807, 2.05) is 30.3 Å². The first kappa shape index (κ1) is 22.9. The maximum Gasteiger partial charge on any atom is 0.286 e. The molecule has 0 aliphatic carbocycles. The number of carbonyl (C=O) groups is 3. The fourth-order valence-electron chi connectivity index (χ4n) is 3.59. The van der Waals surface area contributed by atoms with Gasteiger partial charge in [-0.1, -0.05) is 59.3 Å². The summed E-state index contributed by atoms with van der Waals surface area (Å²) in [7, 11) is 0. The third kappa shape index (κ3) is 5.94. The highest BCUT2D eigenvalue weighted by molar-refractivity contribution is 7.15. The number of rotatable bonds is 6. The Hall–Kier alpha value is -3.30. The Morgan fingerprint density at radius 1 is 1.06 bits per heavy atom. The number of hydrogen-bond donors (Lipinski definition) is 2. The van der Waals surface area contributed by atoms with Gasteiger partial charge in [0.1, 0.15) is 0 Å². The van der Waals surface area contributed by atoms with Crippen molar-refractivity contribution in [1.29, 1.82) is 0 Å². The summed E-state index contributed by atoms with van der Waals surface area (Å²) in [6.07, 6.45) is 1.43. The highest BCUT2D eigenvalue weighted by atomic mass is 35.5. The van der Waals surface area contributed by atoms with Crippen LogP contribution in [0.3, 0.4) is 0 Å². The topological polar surface area (TPSA) is 104 Å². The van der Waals surface area contributed by atoms with Gasteiger partial charge < -0.3 is 15.5 Å². The van der Waals surface area contributed by atoms with Gasteiger partial charge in [0, 0.05) is 30.3 Å². The van der Waals surface area contributed by atoms with E-state index in [4.69, 9.17) is 11.6 Å². The number of halogens is 1. The fraction of sp³-hybridized carbons (Fsp3) is 0.261. The Morgan fingerprint density at radius 2 is 1.85 bits per heavy atom. The maximum atomic E-state index is 12.9. The van der Waals surface area contributed by atoms with Crippen molar-refractivity contribution in [1.82, 2.24) is 20.4 Å². The lowest BCUT2D eigenvalue weighted by Gasteiger charge is -2.31. The van der Waals surface area contributed by atoms with E-state index in [0.717, 1.165) is 23.3 Å². The second kappa shape index (κ2) is 10.5. The Bertz CT molecular complexity index is 1150. The molecule has 4 rings (SSSR count). The van der Waals surface area contributed by atoms with Crippen molar-refractivity contribution >= 4 is 46.3 Å². The molecule has 0 radical (unpaired) electrons. The van der Waals surface area contributed by atoms with Crippen molar-refractivity contribution in [2.75, 3.05) is 18.4 Å². The Morgan fingerprint density at radius 3 is 2.64 bits per heavy atom. The van der Waals surface area contributed by atoms with Gasteiger partial charge in [0.05, 0.1) is 5.92 Å². The molecule has 0 saturated carbocycles. The van der Waals surface area contributed by atoms with Crippen LogP contribution in [0, 0.1) is 5.92 Å². The molecule has 8 nitrogen and oxygen atoms in total. The van der Waals surface area contributed by atoms with Gasteiger partial charge in [-0.15, -0.1) is 10.2 Å². The van der Waals surface area contributed by atoms with Crippen LogP contribution in [0.5, 0.6) is 0 Å². The summed E-state index contributed by atoms with van der Waals surface area (Å²) in [6, 6.07) is 16.4. The van der Waals surface area contributed by atoms with Crippen LogP contribution < -0.4 is 10.6 Å². The fourth-order valence-corrected chi connectivity index (χ4v) is 4.49. The summed E-state index contributed by atoms with van der Waals surface area (Å²) in [6.45, 7) is 1.29. The lowest BCUT2D eigenvalue weighted by molar-refractivity contribution is -0.126. The quantitative estimate of drug-likeness (QED) is 0.557. The number of benzene rings is 2. The molecule has 1 aliphatic heterocycles. The zero-order valence-electron chi connectivity index (χ0n) is 17.7. The van der Waals surface area contributed by atoms with Gasteiger partial charge in [0.25, 0.3) is 11.8 Å². The standard InChI is InChI=1S/C23H22ClN5O3S/c24-17-9-4-10-18(12-17)26-20(31)21-27-28-22(33-21)23(32)29-11-5-8-16(14-29)19(30)25-13-15-6-2-1-3-7-15/h1-4,6-7,9-10,12,16H,5,8,11,13-14H2,(H,25,30)(H,26,31)/t16-/m0/s1. The number of amides is 3. The van der Waals surface area contributed by atoms with E-state index >= 15 is 0 Å². The monoisotopic (exact) mass is 483 g/mol. The van der Waals surface area contributed by atoms with Crippen LogP contribution in [0.25, 0.3) is 0 Å². The minimum Gasteiger partial charge on any atom is -0.352 e. The molecule has 1 saturated heterocycles. The van der Waals surface area contributed by atoms with E-state index in [1.165, 1.54) is 0 Å². The summed E-state index contributed by atoms with van der Waals surface area (Å²) in [5.41, 5.74) is 1.54. The minimum absolute atomic E-state index is 0.0739. The van der Waals surface area contributed by atoms with Crippen LogP contribution in [-0.4, -0.2) is 45.9 Å². The van der Waals surface area contributed by atoms with Gasteiger partial charge in [-0.3, -0.25) is 14.4 Å². The smallest absolute Gasteiger partial charge is 0.286 e. The van der Waals surface area contributed by atoms with Crippen LogP contribution in [0.15, 0.2) is 54.6 Å². The SMILES string of the molecule is O=C(Nc1cccc(Cl)c1)c1nnc(C(=O)N2CCC[C@H](C(=O)NCc3ccccc3)C2)s1. The summed E-state index contributed by atoms with van der Waals surface area (Å²) in [5, 5.41) is 14.1. The van der Waals surface area contributed by atoms with Crippen molar-refractivity contribution in [3.63, 3.8) is 0 Å². The molecule has 1 aliphatic rings. The van der Waals surface area contributed by atoms with Crippen molar-refractivity contribution < 1.29 is 14.4 Å². The van der Waals surface area contributed by atoms with E-state index in [9.17, 15) is 14.4 Å². The summed E-state index contributed by atoms with van der Waals surface area (Å²) in [5.74, 6) is -1.15. The van der Waals surface area contributed by atoms with E-state index in [2.05, 4.69) is 20.8 Å². The molecule has 1 atom stereocenters. The normalized spacial score (nSPS) is 15.7. The number of likely N-dealkylation sites (tertiary alicyclic amines) is 1. The largest absolute Gasteiger partial charge is 0.352 e. The predicted octanol–water partition coefficient (Wildman–Crippen LogP) is 3.61. The second-order valence-corrected chi connectivity index (χ2v) is 9.08. The number of hydrogen-bond acceptors (Lipinski definition) is 6. The molecular formula is C23H22ClN5O3S. The first-order valence-electron chi connectivity index (χ1n) is 10.5. The predicted molar refractivity (Wildman–Crippen MR) is 126 cm³/mol. The molecule has 2 N–H and O–H groups in total. The second-order valence-electron chi connectivity index (χ2n) is 7.67. The summed E-state index contributed by atoms with van der Waals surface area (Å²) >= 11 is 6.86. The van der Waals surface area contributed by atoms with Crippen LogP contribution in [0.4, 0.5) is 5.69 Å². The van der Waals surface area contributed by atoms with Crippen molar-refractivity contribution in [2.45, 2.75) is 19.4 Å². The van der Waals surface area contributed by atoms with Crippen molar-refractivity contribution in [3.8, 4) is 0 Å². The van der Waals surface area contributed by atoms with E-state index < -0.39 is 5.91 Å². The van der Waals surface area contributed by atoms with E-state index in [1.54, 1.807) is 29.2 Å². The molecule has 0 bridgehead atoms. The van der Waals surface area contributed by atoms with Crippen LogP contribution >= 0.6 is 22.9 Å². The lowest BCUT2D eigenvalue weighted by atomic mass is 9.97. The Labute approximate surface area is 200 Å². The van der Waals surface area contributed by atoms with Gasteiger partial charge >= 0.3 is 0 Å². The number of carbonyl (C=O) groups excluding carboxylic acids is 3. The Kier molecular flexibility index (Phi) is 7.31. The summed E-state index contributed by atoms with van der Waals surface area (Å²) < 4.78 is 0. The zero-order chi connectivity index (χ0) is 23.2. The molecule has 1 fully saturated rings. The van der Waals surface area contributed by atoms with Gasteiger partial charge in [0.15, 0.2) is 0 Å². The van der Waals surface area contributed by atoms with E-state index in [-0.39, 0.29) is 27.7 Å². The molecule has 10 heteroatoms. The molecule has 0 unspecified atom stereocenters. The van der Waals surface area contributed by atoms with Crippen LogP contribution in [0.2, 0.25) is 5.02 Å². The van der Waals surface area contributed by atoms with Crippen molar-refractivity contribution in [2.24, 2.45) is 5.92 Å². The third-order valence-electron chi connectivity index (χ3n) is 5.27. The van der Waals surface area contributed by atoms with Gasteiger partial charge in [-0.2, -0.15) is 0 Å². The van der Waals surface area contributed by atoms with Gasteiger partial charge in [-0.25, -0.2) is 0 Å². The first-order chi connectivity index (χ1) is 16.0. The number of aromatic nitrogens is 2. The third-order valence-corrected chi connectivity index (χ3v) is 6.42. The van der Waals surface area contributed by atoms with Crippen LogP contribution in [-0.2, 0) is 11.3 Å². The molecular weight excluding hydrogens is 462 g/mol. The average Bonchev–Trinajstić information content (AvgIpc) is 3.33. The lowest BCUT2D eigenvalue weighted by Crippen LogP contribution is -2.45. The van der Waals surface area contributed by atoms with Gasteiger partial charge in [0.2, 0.25) is 15.9 Å². The molecule has 2 aromatic carbocycles. The molecule has 1 aromatic heterocycles. The molecule has 3 amide bonds. The number of piperidine rings is 1. The number of nitrogens with zero attached hydrogens (tertiary/aromatic N) is 3. The molecule has 33 heavy (non-hydrogen) atoms. The maximum absolute atomic E-state index is 12.9. The highest BCUT2D eigenvalue weighted by Gasteiger charge is 2.30. The van der Waals surface area contributed by atoms with E-state index in [0.29, 0.717) is 36.8 Å². The Balaban J connectivity index is 1.34. The minimum atomic E-state index is -0.467. The highest BCUT2D eigenvalue weighted by Crippen LogP contribution is 2.22. The molecule has 170 valence electrons.